The molecule has 2 heterocycles. The first kappa shape index (κ1) is 18.2. The van der Waals surface area contributed by atoms with Crippen molar-refractivity contribution in [2.24, 2.45) is 7.05 Å². The van der Waals surface area contributed by atoms with Crippen molar-refractivity contribution in [1.82, 2.24) is 24.6 Å². The van der Waals surface area contributed by atoms with Gasteiger partial charge in [-0.25, -0.2) is 4.98 Å². The number of nitrogens with zero attached hydrogens (tertiary/aromatic N) is 4. The summed E-state index contributed by atoms with van der Waals surface area (Å²) in [6, 6.07) is 12.8. The lowest BCUT2D eigenvalue weighted by Crippen LogP contribution is -2.32. The van der Waals surface area contributed by atoms with Crippen LogP contribution in [0.1, 0.15) is 16.9 Å². The van der Waals surface area contributed by atoms with Crippen LogP contribution < -0.4 is 10.7 Å². The van der Waals surface area contributed by atoms with Crippen molar-refractivity contribution in [3.63, 3.8) is 0 Å². The molecule has 0 saturated carbocycles. The average molecular weight is 396 g/mol. The van der Waals surface area contributed by atoms with Gasteiger partial charge in [0.1, 0.15) is 0 Å². The standard InChI is InChI=1S/C20H18ClN5O2/c1-25-16-8-7-13(21)11-14(16)19(27)18(24-25)20(28)22-9-4-10-26-12-23-15-5-2-3-6-17(15)26/h2-3,5-8,11-12H,4,9-10H2,1H3,(H,22,28). The lowest BCUT2D eigenvalue weighted by atomic mass is 10.2. The third-order valence-corrected chi connectivity index (χ3v) is 4.86. The highest BCUT2D eigenvalue weighted by Crippen LogP contribution is 2.16. The molecule has 0 radical (unpaired) electrons. The van der Waals surface area contributed by atoms with Crippen LogP contribution in [0.25, 0.3) is 21.9 Å². The number of amides is 1. The molecule has 0 atom stereocenters. The van der Waals surface area contributed by atoms with E-state index in [1.165, 1.54) is 4.68 Å². The molecule has 2 aromatic carbocycles. The summed E-state index contributed by atoms with van der Waals surface area (Å²) in [6.45, 7) is 1.13. The van der Waals surface area contributed by atoms with E-state index in [1.807, 2.05) is 28.8 Å². The molecule has 7 nitrogen and oxygen atoms in total. The summed E-state index contributed by atoms with van der Waals surface area (Å²) in [4.78, 5) is 29.5. The molecule has 0 aliphatic rings. The summed E-state index contributed by atoms with van der Waals surface area (Å²) < 4.78 is 3.55. The quantitative estimate of drug-likeness (QED) is 0.527. The Labute approximate surface area is 165 Å². The average Bonchev–Trinajstić information content (AvgIpc) is 3.11. The number of para-hydroxylation sites is 2. The number of halogens is 1. The number of rotatable bonds is 5. The van der Waals surface area contributed by atoms with Crippen LogP contribution in [0, 0.1) is 0 Å². The van der Waals surface area contributed by atoms with Gasteiger partial charge in [-0.05, 0) is 36.8 Å². The van der Waals surface area contributed by atoms with E-state index in [2.05, 4.69) is 15.4 Å². The van der Waals surface area contributed by atoms with Gasteiger partial charge in [-0.1, -0.05) is 23.7 Å². The van der Waals surface area contributed by atoms with Crippen molar-refractivity contribution in [2.75, 3.05) is 6.54 Å². The van der Waals surface area contributed by atoms with Gasteiger partial charge in [0, 0.05) is 25.2 Å². The number of imidazole rings is 1. The molecule has 0 aliphatic carbocycles. The second kappa shape index (κ2) is 7.44. The minimum absolute atomic E-state index is 0.134. The SMILES string of the molecule is Cn1nc(C(=O)NCCCn2cnc3ccccc32)c(=O)c2cc(Cl)ccc21. The highest BCUT2D eigenvalue weighted by atomic mass is 35.5. The van der Waals surface area contributed by atoms with Crippen molar-refractivity contribution >= 4 is 39.4 Å². The molecule has 0 aliphatic heterocycles. The van der Waals surface area contributed by atoms with Crippen molar-refractivity contribution in [2.45, 2.75) is 13.0 Å². The number of hydrogen-bond donors (Lipinski definition) is 1. The van der Waals surface area contributed by atoms with Crippen LogP contribution in [0.4, 0.5) is 0 Å². The molecule has 0 unspecified atom stereocenters. The predicted octanol–water partition coefficient (Wildman–Crippen LogP) is 2.76. The maximum atomic E-state index is 12.6. The minimum atomic E-state index is -0.488. The Morgan fingerprint density at radius 1 is 1.18 bits per heavy atom. The second-order valence-electron chi connectivity index (χ2n) is 6.50. The molecular weight excluding hydrogens is 378 g/mol. The number of aryl methyl sites for hydroxylation is 2. The fourth-order valence-corrected chi connectivity index (χ4v) is 3.39. The lowest BCUT2D eigenvalue weighted by molar-refractivity contribution is 0.0945. The van der Waals surface area contributed by atoms with Gasteiger partial charge in [0.25, 0.3) is 5.91 Å². The Kier molecular flexibility index (Phi) is 4.83. The third-order valence-electron chi connectivity index (χ3n) is 4.62. The van der Waals surface area contributed by atoms with Crippen LogP contribution in [0.2, 0.25) is 5.02 Å². The molecule has 1 N–H and O–H groups in total. The van der Waals surface area contributed by atoms with Gasteiger partial charge in [0.2, 0.25) is 5.43 Å². The van der Waals surface area contributed by atoms with Gasteiger partial charge >= 0.3 is 0 Å². The maximum absolute atomic E-state index is 12.6. The maximum Gasteiger partial charge on any atom is 0.275 e. The molecule has 28 heavy (non-hydrogen) atoms. The van der Waals surface area contributed by atoms with Gasteiger partial charge in [0.05, 0.1) is 28.3 Å². The number of carbonyl (C=O) groups excluding carboxylic acids is 1. The van der Waals surface area contributed by atoms with Crippen LogP contribution in [0.5, 0.6) is 0 Å². The van der Waals surface area contributed by atoms with Gasteiger partial charge in [-0.15, -0.1) is 0 Å². The number of nitrogens with one attached hydrogen (secondary N) is 1. The number of fused-ring (bicyclic) bond motifs is 2. The van der Waals surface area contributed by atoms with Crippen LogP contribution >= 0.6 is 11.6 Å². The van der Waals surface area contributed by atoms with Gasteiger partial charge in [0.15, 0.2) is 5.69 Å². The fourth-order valence-electron chi connectivity index (χ4n) is 3.22. The van der Waals surface area contributed by atoms with Crippen LogP contribution in [0.15, 0.2) is 53.6 Å². The van der Waals surface area contributed by atoms with Crippen molar-refractivity contribution in [3.05, 3.63) is 69.7 Å². The summed E-state index contributed by atoms with van der Waals surface area (Å²) in [5.74, 6) is -0.488. The zero-order valence-electron chi connectivity index (χ0n) is 15.2. The molecule has 1 amide bonds. The highest BCUT2D eigenvalue weighted by molar-refractivity contribution is 6.31. The van der Waals surface area contributed by atoms with Crippen molar-refractivity contribution in [3.8, 4) is 0 Å². The number of carbonyl (C=O) groups is 1. The van der Waals surface area contributed by atoms with E-state index in [0.29, 0.717) is 35.4 Å². The number of hydrogen-bond acceptors (Lipinski definition) is 4. The Balaban J connectivity index is 1.45. The third kappa shape index (κ3) is 3.36. The molecule has 0 fully saturated rings. The van der Waals surface area contributed by atoms with Gasteiger partial charge in [-0.2, -0.15) is 5.10 Å². The molecule has 0 bridgehead atoms. The van der Waals surface area contributed by atoms with E-state index in [1.54, 1.807) is 31.6 Å². The molecular formula is C20H18ClN5O2. The van der Waals surface area contributed by atoms with E-state index >= 15 is 0 Å². The van der Waals surface area contributed by atoms with Crippen molar-refractivity contribution in [1.29, 1.82) is 0 Å². The molecule has 0 saturated heterocycles. The molecule has 4 aromatic rings. The van der Waals surface area contributed by atoms with E-state index in [-0.39, 0.29) is 5.69 Å². The van der Waals surface area contributed by atoms with Crippen LogP contribution in [-0.2, 0) is 13.6 Å². The molecule has 2 aromatic heterocycles. The topological polar surface area (TPSA) is 81.8 Å². The summed E-state index contributed by atoms with van der Waals surface area (Å²) in [5.41, 5.74) is 2.06. The molecule has 0 spiro atoms. The van der Waals surface area contributed by atoms with E-state index in [0.717, 1.165) is 11.0 Å². The summed E-state index contributed by atoms with van der Waals surface area (Å²) >= 11 is 5.99. The Bertz CT molecular complexity index is 1240. The molecule has 8 heteroatoms. The largest absolute Gasteiger partial charge is 0.350 e. The van der Waals surface area contributed by atoms with Crippen LogP contribution in [0.3, 0.4) is 0 Å². The zero-order valence-corrected chi connectivity index (χ0v) is 16.0. The van der Waals surface area contributed by atoms with E-state index in [9.17, 15) is 9.59 Å². The second-order valence-corrected chi connectivity index (χ2v) is 6.94. The van der Waals surface area contributed by atoms with E-state index in [4.69, 9.17) is 11.6 Å². The molecule has 142 valence electrons. The zero-order chi connectivity index (χ0) is 19.7. The Hall–Kier alpha value is -3.19. The summed E-state index contributed by atoms with van der Waals surface area (Å²) in [5, 5.41) is 7.72. The Morgan fingerprint density at radius 2 is 2.00 bits per heavy atom. The first-order valence-electron chi connectivity index (χ1n) is 8.89. The van der Waals surface area contributed by atoms with Gasteiger partial charge in [-0.3, -0.25) is 14.3 Å². The monoisotopic (exact) mass is 395 g/mol. The first-order chi connectivity index (χ1) is 13.5. The normalized spacial score (nSPS) is 11.2. The Morgan fingerprint density at radius 3 is 2.86 bits per heavy atom. The fraction of sp³-hybridized carbons (Fsp3) is 0.200. The number of aromatic nitrogens is 4. The number of benzene rings is 2. The van der Waals surface area contributed by atoms with Crippen LogP contribution in [-0.4, -0.2) is 31.8 Å². The predicted molar refractivity (Wildman–Crippen MR) is 109 cm³/mol. The highest BCUT2D eigenvalue weighted by Gasteiger charge is 2.16. The molecule has 4 rings (SSSR count). The summed E-state index contributed by atoms with van der Waals surface area (Å²) in [7, 11) is 1.69. The lowest BCUT2D eigenvalue weighted by Gasteiger charge is -2.09. The first-order valence-corrected chi connectivity index (χ1v) is 9.27. The minimum Gasteiger partial charge on any atom is -0.350 e. The van der Waals surface area contributed by atoms with Crippen molar-refractivity contribution < 1.29 is 4.79 Å². The summed E-state index contributed by atoms with van der Waals surface area (Å²) in [6.07, 6.45) is 2.49. The van der Waals surface area contributed by atoms with Gasteiger partial charge < -0.3 is 9.88 Å². The smallest absolute Gasteiger partial charge is 0.275 e. The van der Waals surface area contributed by atoms with E-state index < -0.39 is 11.3 Å².